The number of amides is 3. The minimum absolute atomic E-state index is 0.0643. The number of hydrogen-bond acceptors (Lipinski definition) is 5. The Morgan fingerprint density at radius 1 is 1.13 bits per heavy atom. The minimum Gasteiger partial charge on any atom is -0.369 e. The Labute approximate surface area is 188 Å². The van der Waals surface area contributed by atoms with Gasteiger partial charge in [0.15, 0.2) is 0 Å². The number of carbonyl (C=O) groups excluding carboxylic acids is 2. The Kier molecular flexibility index (Phi) is 8.20. The van der Waals surface area contributed by atoms with E-state index >= 15 is 0 Å². The van der Waals surface area contributed by atoms with E-state index in [4.69, 9.17) is 5.73 Å². The maximum Gasteiger partial charge on any atom is 0.321 e. The van der Waals surface area contributed by atoms with Crippen LogP contribution in [0.15, 0.2) is 29.2 Å². The fourth-order valence-corrected chi connectivity index (χ4v) is 6.30. The van der Waals surface area contributed by atoms with Crippen molar-refractivity contribution in [3.63, 3.8) is 0 Å². The summed E-state index contributed by atoms with van der Waals surface area (Å²) >= 11 is 1.26. The second-order valence-electron chi connectivity index (χ2n) is 7.88. The van der Waals surface area contributed by atoms with Crippen LogP contribution in [0.25, 0.3) is 0 Å². The van der Waals surface area contributed by atoms with Crippen LogP contribution in [0.3, 0.4) is 0 Å². The molecule has 172 valence electrons. The first-order valence-corrected chi connectivity index (χ1v) is 13.0. The third-order valence-electron chi connectivity index (χ3n) is 5.80. The lowest BCUT2D eigenvalue weighted by Gasteiger charge is -2.38. The van der Waals surface area contributed by atoms with Crippen LogP contribution >= 0.6 is 11.8 Å². The van der Waals surface area contributed by atoms with E-state index in [1.807, 2.05) is 12.1 Å². The number of benzene rings is 1. The monoisotopic (exact) mass is 469 g/mol. The van der Waals surface area contributed by atoms with E-state index in [2.05, 4.69) is 5.32 Å². The van der Waals surface area contributed by atoms with Gasteiger partial charge >= 0.3 is 6.03 Å². The van der Waals surface area contributed by atoms with Crippen LogP contribution in [0.4, 0.5) is 10.5 Å². The Morgan fingerprint density at radius 3 is 2.42 bits per heavy atom. The standard InChI is InChI=1S/C20H31N5O4S2/c1-23(16-7-3-2-4-8-16)31(28,29)25-13-11-24(12-14-25)20(27)22-17-9-5-6-10-18(17)30-15-19(21)26/h5-6,9-10,16H,2-4,7-8,11-15H2,1H3,(H2,21,26)(H,22,27). The van der Waals surface area contributed by atoms with Gasteiger partial charge in [-0.25, -0.2) is 4.79 Å². The van der Waals surface area contributed by atoms with Gasteiger partial charge in [-0.1, -0.05) is 31.4 Å². The molecule has 1 aliphatic heterocycles. The Hall–Kier alpha value is -1.82. The first-order chi connectivity index (χ1) is 14.8. The van der Waals surface area contributed by atoms with Crippen molar-refractivity contribution < 1.29 is 18.0 Å². The summed E-state index contributed by atoms with van der Waals surface area (Å²) in [5.41, 5.74) is 5.82. The molecule has 0 radical (unpaired) electrons. The highest BCUT2D eigenvalue weighted by atomic mass is 32.2. The summed E-state index contributed by atoms with van der Waals surface area (Å²) in [6.45, 7) is 1.18. The molecule has 0 aromatic heterocycles. The van der Waals surface area contributed by atoms with Gasteiger partial charge in [0.25, 0.3) is 10.2 Å². The molecule has 0 bridgehead atoms. The van der Waals surface area contributed by atoms with Gasteiger partial charge < -0.3 is 16.0 Å². The summed E-state index contributed by atoms with van der Waals surface area (Å²) in [5.74, 6) is -0.306. The van der Waals surface area contributed by atoms with Gasteiger partial charge in [0, 0.05) is 44.2 Å². The number of rotatable bonds is 7. The molecule has 1 aromatic rings. The average molecular weight is 470 g/mol. The molecule has 3 amide bonds. The fraction of sp³-hybridized carbons (Fsp3) is 0.600. The summed E-state index contributed by atoms with van der Waals surface area (Å²) in [6, 6.07) is 6.98. The molecule has 3 N–H and O–H groups in total. The molecule has 1 saturated carbocycles. The largest absolute Gasteiger partial charge is 0.369 e. The first-order valence-electron chi connectivity index (χ1n) is 10.6. The Morgan fingerprint density at radius 2 is 1.77 bits per heavy atom. The maximum absolute atomic E-state index is 13.0. The molecule has 2 aliphatic rings. The van der Waals surface area contributed by atoms with E-state index in [0.717, 1.165) is 30.6 Å². The topological polar surface area (TPSA) is 116 Å². The van der Waals surface area contributed by atoms with E-state index in [1.165, 1.54) is 26.8 Å². The molecule has 9 nitrogen and oxygen atoms in total. The molecule has 0 atom stereocenters. The molecule has 0 spiro atoms. The smallest absolute Gasteiger partial charge is 0.321 e. The van der Waals surface area contributed by atoms with Crippen LogP contribution in [-0.4, -0.2) is 78.9 Å². The van der Waals surface area contributed by atoms with Crippen molar-refractivity contribution in [2.24, 2.45) is 5.73 Å². The van der Waals surface area contributed by atoms with Crippen molar-refractivity contribution in [3.05, 3.63) is 24.3 Å². The second-order valence-corrected chi connectivity index (χ2v) is 10.9. The molecular weight excluding hydrogens is 438 g/mol. The van der Waals surface area contributed by atoms with E-state index in [9.17, 15) is 18.0 Å². The summed E-state index contributed by atoms with van der Waals surface area (Å²) in [6.07, 6.45) is 5.12. The number of thioether (sulfide) groups is 1. The predicted octanol–water partition coefficient (Wildman–Crippen LogP) is 1.92. The quantitative estimate of drug-likeness (QED) is 0.592. The van der Waals surface area contributed by atoms with E-state index in [-0.39, 0.29) is 30.9 Å². The molecular formula is C20H31N5O4S2. The Bertz CT molecular complexity index is 881. The number of nitrogens with zero attached hydrogens (tertiary/aromatic N) is 3. The highest BCUT2D eigenvalue weighted by Crippen LogP contribution is 2.28. The molecule has 0 unspecified atom stereocenters. The SMILES string of the molecule is CN(C1CCCCC1)S(=O)(=O)N1CCN(C(=O)Nc2ccccc2SCC(N)=O)CC1. The average Bonchev–Trinajstić information content (AvgIpc) is 2.78. The number of nitrogens with two attached hydrogens (primary N) is 1. The molecule has 1 saturated heterocycles. The van der Waals surface area contributed by atoms with E-state index < -0.39 is 16.1 Å². The van der Waals surface area contributed by atoms with Gasteiger partial charge in [0.2, 0.25) is 5.91 Å². The zero-order valence-corrected chi connectivity index (χ0v) is 19.5. The van der Waals surface area contributed by atoms with Gasteiger partial charge in [-0.3, -0.25) is 4.79 Å². The number of anilines is 1. The third kappa shape index (κ3) is 6.12. The van der Waals surface area contributed by atoms with Gasteiger partial charge in [-0.2, -0.15) is 17.0 Å². The van der Waals surface area contributed by atoms with Gasteiger partial charge in [0.05, 0.1) is 11.4 Å². The summed E-state index contributed by atoms with van der Waals surface area (Å²) in [7, 11) is -1.86. The van der Waals surface area contributed by atoms with Crippen LogP contribution in [-0.2, 0) is 15.0 Å². The predicted molar refractivity (Wildman–Crippen MR) is 122 cm³/mol. The van der Waals surface area contributed by atoms with Crippen molar-refractivity contribution in [2.75, 3.05) is 44.3 Å². The zero-order chi connectivity index (χ0) is 22.4. The van der Waals surface area contributed by atoms with Crippen LogP contribution < -0.4 is 11.1 Å². The molecule has 1 heterocycles. The molecule has 3 rings (SSSR count). The lowest BCUT2D eigenvalue weighted by Crippen LogP contribution is -2.55. The number of piperazine rings is 1. The third-order valence-corrected chi connectivity index (χ3v) is 8.94. The number of para-hydroxylation sites is 1. The van der Waals surface area contributed by atoms with Crippen molar-refractivity contribution >= 4 is 39.6 Å². The van der Waals surface area contributed by atoms with Crippen LogP contribution in [0.2, 0.25) is 0 Å². The molecule has 31 heavy (non-hydrogen) atoms. The summed E-state index contributed by atoms with van der Waals surface area (Å²) < 4.78 is 29.0. The molecule has 11 heteroatoms. The molecule has 2 fully saturated rings. The lowest BCUT2D eigenvalue weighted by molar-refractivity contribution is -0.115. The number of primary amides is 1. The van der Waals surface area contributed by atoms with Gasteiger partial charge in [0.1, 0.15) is 0 Å². The zero-order valence-electron chi connectivity index (χ0n) is 17.8. The van der Waals surface area contributed by atoms with Crippen molar-refractivity contribution in [1.82, 2.24) is 13.5 Å². The van der Waals surface area contributed by atoms with Crippen LogP contribution in [0, 0.1) is 0 Å². The fourth-order valence-electron chi connectivity index (χ4n) is 3.98. The highest BCUT2D eigenvalue weighted by molar-refractivity contribution is 8.00. The molecule has 1 aliphatic carbocycles. The molecule has 1 aromatic carbocycles. The Balaban J connectivity index is 1.56. The number of hydrogen-bond donors (Lipinski definition) is 2. The van der Waals surface area contributed by atoms with Crippen molar-refractivity contribution in [1.29, 1.82) is 0 Å². The minimum atomic E-state index is -3.53. The van der Waals surface area contributed by atoms with Crippen LogP contribution in [0.1, 0.15) is 32.1 Å². The van der Waals surface area contributed by atoms with Crippen molar-refractivity contribution in [3.8, 4) is 0 Å². The maximum atomic E-state index is 13.0. The van der Waals surface area contributed by atoms with Crippen LogP contribution in [0.5, 0.6) is 0 Å². The number of carbonyl (C=O) groups is 2. The van der Waals surface area contributed by atoms with Gasteiger partial charge in [-0.15, -0.1) is 11.8 Å². The van der Waals surface area contributed by atoms with E-state index in [0.29, 0.717) is 18.8 Å². The van der Waals surface area contributed by atoms with Gasteiger partial charge in [-0.05, 0) is 25.0 Å². The van der Waals surface area contributed by atoms with Crippen molar-refractivity contribution in [2.45, 2.75) is 43.0 Å². The number of nitrogens with one attached hydrogen (secondary N) is 1. The highest BCUT2D eigenvalue weighted by Gasteiger charge is 2.35. The second kappa shape index (κ2) is 10.7. The number of urea groups is 1. The first kappa shape index (κ1) is 23.8. The normalized spacial score (nSPS) is 18.8. The lowest BCUT2D eigenvalue weighted by atomic mass is 9.96. The summed E-state index contributed by atoms with van der Waals surface area (Å²) in [5, 5.41) is 2.87. The summed E-state index contributed by atoms with van der Waals surface area (Å²) in [4.78, 5) is 26.2. The van der Waals surface area contributed by atoms with E-state index in [1.54, 1.807) is 24.1 Å².